The van der Waals surface area contributed by atoms with Gasteiger partial charge in [-0.2, -0.15) is 0 Å². The number of carbonyl (C=O) groups excluding carboxylic acids is 1. The molecule has 1 saturated heterocycles. The van der Waals surface area contributed by atoms with Gasteiger partial charge in [0, 0.05) is 38.5 Å². The Balaban J connectivity index is 1.63. The Hall–Kier alpha value is -2.63. The van der Waals surface area contributed by atoms with Crippen LogP contribution in [-0.4, -0.2) is 48.5 Å². The van der Waals surface area contributed by atoms with Crippen LogP contribution in [0.3, 0.4) is 0 Å². The number of hydrogen-bond donors (Lipinski definition) is 0. The van der Waals surface area contributed by atoms with Gasteiger partial charge in [-0.3, -0.25) is 0 Å². The molecular weight excluding hydrogens is 364 g/mol. The molecule has 3 rings (SSSR count). The van der Waals surface area contributed by atoms with Crippen molar-refractivity contribution < 1.29 is 9.53 Å². The smallest absolute Gasteiger partial charge is 0.137 e. The number of benzene rings is 1. The summed E-state index contributed by atoms with van der Waals surface area (Å²) in [6.45, 7) is 10.6. The predicted molar refractivity (Wildman–Crippen MR) is 117 cm³/mol. The van der Waals surface area contributed by atoms with E-state index in [1.165, 1.54) is 5.56 Å². The fraction of sp³-hybridized carbons (Fsp3) is 0.522. The van der Waals surface area contributed by atoms with Gasteiger partial charge in [0.25, 0.3) is 0 Å². The third kappa shape index (κ3) is 5.05. The molecule has 0 bridgehead atoms. The minimum absolute atomic E-state index is 0.136. The third-order valence-electron chi connectivity index (χ3n) is 5.66. The maximum Gasteiger partial charge on any atom is 0.137 e. The van der Waals surface area contributed by atoms with E-state index in [9.17, 15) is 4.79 Å². The first-order valence-electron chi connectivity index (χ1n) is 10.4. The molecule has 1 fully saturated rings. The van der Waals surface area contributed by atoms with E-state index in [4.69, 9.17) is 4.74 Å². The monoisotopic (exact) mass is 396 g/mol. The second-order valence-corrected chi connectivity index (χ2v) is 8.01. The van der Waals surface area contributed by atoms with E-state index in [-0.39, 0.29) is 17.8 Å². The first-order valence-corrected chi connectivity index (χ1v) is 10.4. The molecule has 6 nitrogen and oxygen atoms in total. The van der Waals surface area contributed by atoms with Gasteiger partial charge in [-0.1, -0.05) is 19.1 Å². The molecule has 0 aliphatic carbocycles. The zero-order valence-electron chi connectivity index (χ0n) is 18.2. The highest BCUT2D eigenvalue weighted by Crippen LogP contribution is 2.29. The molecule has 0 N–H and O–H groups in total. The summed E-state index contributed by atoms with van der Waals surface area (Å²) in [6.07, 6.45) is 3.33. The summed E-state index contributed by atoms with van der Waals surface area (Å²) in [4.78, 5) is 24.7. The van der Waals surface area contributed by atoms with Gasteiger partial charge >= 0.3 is 0 Å². The van der Waals surface area contributed by atoms with Crippen molar-refractivity contribution >= 4 is 17.4 Å². The highest BCUT2D eigenvalue weighted by Gasteiger charge is 2.27. The summed E-state index contributed by atoms with van der Waals surface area (Å²) in [6, 6.07) is 8.16. The molecule has 1 aliphatic heterocycles. The molecule has 0 spiro atoms. The number of hydrogen-bond acceptors (Lipinski definition) is 6. The van der Waals surface area contributed by atoms with Gasteiger partial charge in [0.15, 0.2) is 0 Å². The van der Waals surface area contributed by atoms with Gasteiger partial charge in [-0.05, 0) is 44.4 Å². The summed E-state index contributed by atoms with van der Waals surface area (Å²) < 4.78 is 6.22. The lowest BCUT2D eigenvalue weighted by molar-refractivity contribution is -0.117. The maximum absolute atomic E-state index is 11.3. The Morgan fingerprint density at radius 3 is 2.69 bits per heavy atom. The molecular formula is C23H32N4O2. The van der Waals surface area contributed by atoms with Crippen LogP contribution in [0.2, 0.25) is 0 Å². The Labute approximate surface area is 173 Å². The predicted octanol–water partition coefficient (Wildman–Crippen LogP) is 3.98. The number of aromatic nitrogens is 2. The van der Waals surface area contributed by atoms with E-state index in [1.54, 1.807) is 13.3 Å². The largest absolute Gasteiger partial charge is 0.489 e. The van der Waals surface area contributed by atoms with Crippen molar-refractivity contribution in [1.82, 2.24) is 9.97 Å². The highest BCUT2D eigenvalue weighted by molar-refractivity contribution is 5.76. The van der Waals surface area contributed by atoms with Crippen molar-refractivity contribution in [3.05, 3.63) is 41.7 Å². The molecule has 2 atom stereocenters. The number of rotatable bonds is 8. The van der Waals surface area contributed by atoms with Crippen molar-refractivity contribution in [1.29, 1.82) is 0 Å². The van der Waals surface area contributed by atoms with Gasteiger partial charge < -0.3 is 19.3 Å². The van der Waals surface area contributed by atoms with Gasteiger partial charge in [-0.25, -0.2) is 9.97 Å². The zero-order valence-corrected chi connectivity index (χ0v) is 18.2. The minimum Gasteiger partial charge on any atom is -0.489 e. The zero-order chi connectivity index (χ0) is 21.0. The molecule has 1 aromatic carbocycles. The van der Waals surface area contributed by atoms with E-state index in [2.05, 4.69) is 59.7 Å². The topological polar surface area (TPSA) is 58.6 Å². The van der Waals surface area contributed by atoms with E-state index in [0.717, 1.165) is 49.0 Å². The molecule has 6 heteroatoms. The molecule has 2 heterocycles. The van der Waals surface area contributed by atoms with Gasteiger partial charge in [0.1, 0.15) is 35.6 Å². The standard InChI is InChI=1S/C23H32N4O2/c1-6-26(5)22-18(4)23(25-15-24-22)27-12-11-21(14-27)29-20-9-7-19(8-10-20)16(2)13-17(3)28/h7-10,15-16,21H,6,11-14H2,1-5H3/t16-,21-/m1/s1. The Bertz CT molecular complexity index is 837. The van der Waals surface area contributed by atoms with Crippen LogP contribution in [0.25, 0.3) is 0 Å². The summed E-state index contributed by atoms with van der Waals surface area (Å²) in [5, 5.41) is 0. The van der Waals surface area contributed by atoms with Crippen molar-refractivity contribution in [2.45, 2.75) is 52.6 Å². The van der Waals surface area contributed by atoms with Crippen LogP contribution in [-0.2, 0) is 4.79 Å². The SMILES string of the molecule is CCN(C)c1ncnc(N2CC[C@@H](Oc3ccc([C@H](C)CC(C)=O)cc3)C2)c1C. The summed E-state index contributed by atoms with van der Waals surface area (Å²) in [5.41, 5.74) is 2.28. The lowest BCUT2D eigenvalue weighted by atomic mass is 9.96. The van der Waals surface area contributed by atoms with Crippen molar-refractivity contribution in [3.8, 4) is 5.75 Å². The number of ketones is 1. The van der Waals surface area contributed by atoms with Crippen LogP contribution in [0.15, 0.2) is 30.6 Å². The van der Waals surface area contributed by atoms with E-state index in [1.807, 2.05) is 12.1 Å². The molecule has 0 unspecified atom stereocenters. The lowest BCUT2D eigenvalue weighted by Gasteiger charge is -2.24. The lowest BCUT2D eigenvalue weighted by Crippen LogP contribution is -2.27. The normalized spacial score (nSPS) is 17.3. The van der Waals surface area contributed by atoms with Crippen molar-refractivity contribution in [3.63, 3.8) is 0 Å². The molecule has 1 aliphatic rings. The third-order valence-corrected chi connectivity index (χ3v) is 5.66. The van der Waals surface area contributed by atoms with E-state index >= 15 is 0 Å². The average Bonchev–Trinajstić information content (AvgIpc) is 3.15. The second-order valence-electron chi connectivity index (χ2n) is 8.01. The number of carbonyl (C=O) groups is 1. The quantitative estimate of drug-likeness (QED) is 0.673. The molecule has 2 aromatic rings. The Morgan fingerprint density at radius 1 is 1.31 bits per heavy atom. The average molecular weight is 397 g/mol. The van der Waals surface area contributed by atoms with Crippen LogP contribution in [0.4, 0.5) is 11.6 Å². The van der Waals surface area contributed by atoms with Crippen molar-refractivity contribution in [2.75, 3.05) is 36.5 Å². The van der Waals surface area contributed by atoms with Gasteiger partial charge in [-0.15, -0.1) is 0 Å². The van der Waals surface area contributed by atoms with Crippen molar-refractivity contribution in [2.24, 2.45) is 0 Å². The molecule has 0 saturated carbocycles. The van der Waals surface area contributed by atoms with E-state index < -0.39 is 0 Å². The summed E-state index contributed by atoms with van der Waals surface area (Å²) in [7, 11) is 2.05. The number of anilines is 2. The molecule has 0 radical (unpaired) electrons. The number of Topliss-reactive ketones (excluding diaryl/α,β-unsaturated/α-hetero) is 1. The van der Waals surface area contributed by atoms with Crippen LogP contribution in [0.1, 0.15) is 50.7 Å². The van der Waals surface area contributed by atoms with Crippen LogP contribution < -0.4 is 14.5 Å². The van der Waals surface area contributed by atoms with E-state index in [0.29, 0.717) is 6.42 Å². The Morgan fingerprint density at radius 2 is 2.03 bits per heavy atom. The van der Waals surface area contributed by atoms with Crippen LogP contribution in [0.5, 0.6) is 5.75 Å². The summed E-state index contributed by atoms with van der Waals surface area (Å²) in [5.74, 6) is 3.31. The molecule has 0 amide bonds. The van der Waals surface area contributed by atoms with Gasteiger partial charge in [0.05, 0.1) is 6.54 Å². The Kier molecular flexibility index (Phi) is 6.72. The molecule has 156 valence electrons. The second kappa shape index (κ2) is 9.25. The number of nitrogens with zero attached hydrogens (tertiary/aromatic N) is 4. The fourth-order valence-electron chi connectivity index (χ4n) is 3.92. The van der Waals surface area contributed by atoms with Crippen LogP contribution >= 0.6 is 0 Å². The highest BCUT2D eigenvalue weighted by atomic mass is 16.5. The fourth-order valence-corrected chi connectivity index (χ4v) is 3.92. The van der Waals surface area contributed by atoms with Gasteiger partial charge in [0.2, 0.25) is 0 Å². The number of ether oxygens (including phenoxy) is 1. The molecule has 29 heavy (non-hydrogen) atoms. The first-order chi connectivity index (χ1) is 13.9. The molecule has 1 aromatic heterocycles. The van der Waals surface area contributed by atoms with Crippen LogP contribution in [0, 0.1) is 6.92 Å². The minimum atomic E-state index is 0.136. The summed E-state index contributed by atoms with van der Waals surface area (Å²) >= 11 is 0. The first kappa shape index (κ1) is 21.1. The maximum atomic E-state index is 11.3.